The molecule has 2 aliphatic rings. The molecule has 39 heavy (non-hydrogen) atoms. The molecule has 2 fully saturated rings. The number of carbonyl (C=O) groups is 2. The molecule has 0 aromatic heterocycles. The van der Waals surface area contributed by atoms with Gasteiger partial charge in [0.2, 0.25) is 5.91 Å². The normalized spacial score (nSPS) is 17.5. The summed E-state index contributed by atoms with van der Waals surface area (Å²) in [5.74, 6) is 2.46. The highest BCUT2D eigenvalue weighted by molar-refractivity contribution is 5.93. The van der Waals surface area contributed by atoms with Crippen molar-refractivity contribution in [3.05, 3.63) is 47.5 Å². The minimum atomic E-state index is -0.0504. The van der Waals surface area contributed by atoms with Crippen molar-refractivity contribution in [1.82, 2.24) is 9.80 Å². The summed E-state index contributed by atoms with van der Waals surface area (Å²) in [4.78, 5) is 31.9. The van der Waals surface area contributed by atoms with E-state index in [2.05, 4.69) is 13.8 Å². The number of ether oxygens (including phenoxy) is 3. The lowest BCUT2D eigenvalue weighted by atomic mass is 10.0. The molecule has 0 spiro atoms. The minimum Gasteiger partial charge on any atom is -0.496 e. The van der Waals surface area contributed by atoms with Crippen LogP contribution in [-0.2, 0) is 17.8 Å². The van der Waals surface area contributed by atoms with Gasteiger partial charge in [0.05, 0.1) is 33.8 Å². The number of hydrogen-bond donors (Lipinski definition) is 0. The van der Waals surface area contributed by atoms with Crippen molar-refractivity contribution in [1.29, 1.82) is 0 Å². The number of urea groups is 1. The number of methoxy groups -OCH3 is 2. The van der Waals surface area contributed by atoms with Crippen LogP contribution in [0.4, 0.5) is 10.5 Å². The lowest BCUT2D eigenvalue weighted by Gasteiger charge is -2.39. The van der Waals surface area contributed by atoms with Crippen molar-refractivity contribution >= 4 is 17.6 Å². The van der Waals surface area contributed by atoms with Crippen molar-refractivity contribution in [2.24, 2.45) is 5.92 Å². The highest BCUT2D eigenvalue weighted by Crippen LogP contribution is 2.34. The Morgan fingerprint density at radius 2 is 1.72 bits per heavy atom. The van der Waals surface area contributed by atoms with E-state index >= 15 is 0 Å². The van der Waals surface area contributed by atoms with Gasteiger partial charge in [-0.3, -0.25) is 9.69 Å². The fourth-order valence-corrected chi connectivity index (χ4v) is 5.39. The first kappa shape index (κ1) is 28.6. The molecule has 1 atom stereocenters. The van der Waals surface area contributed by atoms with Gasteiger partial charge in [-0.1, -0.05) is 38.8 Å². The number of benzene rings is 2. The SMILES string of the molecule is CCCCCOc1cc(N2CC(C)CN(Cc3ccc(CC(=O)N4CCCC4)cc3OC)C2=O)ccc1OC. The third-order valence-corrected chi connectivity index (χ3v) is 7.52. The summed E-state index contributed by atoms with van der Waals surface area (Å²) in [6, 6.07) is 11.5. The third kappa shape index (κ3) is 7.16. The van der Waals surface area contributed by atoms with Gasteiger partial charge < -0.3 is 24.0 Å². The second-order valence-electron chi connectivity index (χ2n) is 10.7. The van der Waals surface area contributed by atoms with Crippen LogP contribution in [0, 0.1) is 5.92 Å². The molecule has 2 heterocycles. The van der Waals surface area contributed by atoms with E-state index in [1.54, 1.807) is 14.2 Å². The van der Waals surface area contributed by atoms with Crippen LogP contribution in [0.15, 0.2) is 36.4 Å². The van der Waals surface area contributed by atoms with E-state index in [1.165, 1.54) is 0 Å². The summed E-state index contributed by atoms with van der Waals surface area (Å²) in [5, 5.41) is 0. The Bertz CT molecular complexity index is 1130. The predicted octanol–water partition coefficient (Wildman–Crippen LogP) is 5.52. The zero-order chi connectivity index (χ0) is 27.8. The molecule has 3 amide bonds. The van der Waals surface area contributed by atoms with E-state index in [9.17, 15) is 9.59 Å². The van der Waals surface area contributed by atoms with Crippen LogP contribution in [0.3, 0.4) is 0 Å². The maximum absolute atomic E-state index is 13.7. The van der Waals surface area contributed by atoms with Crippen LogP contribution in [0.2, 0.25) is 0 Å². The Balaban J connectivity index is 1.48. The van der Waals surface area contributed by atoms with Gasteiger partial charge in [-0.15, -0.1) is 0 Å². The van der Waals surface area contributed by atoms with Gasteiger partial charge in [-0.05, 0) is 48.9 Å². The number of unbranched alkanes of at least 4 members (excludes halogenated alkanes) is 2. The molecule has 0 N–H and O–H groups in total. The topological polar surface area (TPSA) is 71.5 Å². The van der Waals surface area contributed by atoms with E-state index < -0.39 is 0 Å². The summed E-state index contributed by atoms with van der Waals surface area (Å²) in [6.45, 7) is 8.35. The fraction of sp³-hybridized carbons (Fsp3) is 0.548. The van der Waals surface area contributed by atoms with Crippen LogP contribution in [-0.4, -0.2) is 68.7 Å². The maximum atomic E-state index is 13.7. The fourth-order valence-electron chi connectivity index (χ4n) is 5.39. The van der Waals surface area contributed by atoms with Crippen molar-refractivity contribution in [2.45, 2.75) is 58.9 Å². The summed E-state index contributed by atoms with van der Waals surface area (Å²) in [5.41, 5.74) is 2.65. The standard InChI is InChI=1S/C31H43N3O5/c1-5-6-9-16-39-29-19-26(12-13-27(29)37-3)34-21-23(2)20-33(31(34)36)22-25-11-10-24(17-28(25)38-4)18-30(35)32-14-7-8-15-32/h10-13,17,19,23H,5-9,14-16,18,20-22H2,1-4H3. The van der Waals surface area contributed by atoms with Gasteiger partial charge in [0.15, 0.2) is 11.5 Å². The van der Waals surface area contributed by atoms with E-state index in [0.717, 1.165) is 62.0 Å². The van der Waals surface area contributed by atoms with Crippen molar-refractivity contribution in [3.63, 3.8) is 0 Å². The molecule has 8 nitrogen and oxygen atoms in total. The second kappa shape index (κ2) is 13.6. The smallest absolute Gasteiger partial charge is 0.324 e. The highest BCUT2D eigenvalue weighted by atomic mass is 16.5. The molecule has 0 aliphatic carbocycles. The van der Waals surface area contributed by atoms with E-state index in [1.807, 2.05) is 51.1 Å². The number of nitrogens with zero attached hydrogens (tertiary/aromatic N) is 3. The van der Waals surface area contributed by atoms with E-state index in [0.29, 0.717) is 49.9 Å². The number of carbonyl (C=O) groups excluding carboxylic acids is 2. The maximum Gasteiger partial charge on any atom is 0.324 e. The molecular formula is C31H43N3O5. The number of hydrogen-bond acceptors (Lipinski definition) is 5. The van der Waals surface area contributed by atoms with Gasteiger partial charge in [0, 0.05) is 43.5 Å². The zero-order valence-electron chi connectivity index (χ0n) is 23.9. The van der Waals surface area contributed by atoms with Gasteiger partial charge in [-0.2, -0.15) is 0 Å². The Kier molecular flexibility index (Phi) is 9.96. The monoisotopic (exact) mass is 537 g/mol. The minimum absolute atomic E-state index is 0.0504. The average Bonchev–Trinajstić information content (AvgIpc) is 3.49. The Morgan fingerprint density at radius 1 is 0.949 bits per heavy atom. The first-order chi connectivity index (χ1) is 18.9. The van der Waals surface area contributed by atoms with Crippen molar-refractivity contribution < 1.29 is 23.8 Å². The first-order valence-corrected chi connectivity index (χ1v) is 14.2. The highest BCUT2D eigenvalue weighted by Gasteiger charge is 2.32. The van der Waals surface area contributed by atoms with Crippen LogP contribution in [0.25, 0.3) is 0 Å². The van der Waals surface area contributed by atoms with Gasteiger partial charge in [0.25, 0.3) is 0 Å². The molecule has 4 rings (SSSR count). The summed E-state index contributed by atoms with van der Waals surface area (Å²) in [7, 11) is 3.27. The van der Waals surface area contributed by atoms with Crippen molar-refractivity contribution in [3.8, 4) is 17.2 Å². The first-order valence-electron chi connectivity index (χ1n) is 14.2. The molecular weight excluding hydrogens is 494 g/mol. The third-order valence-electron chi connectivity index (χ3n) is 7.52. The molecule has 0 saturated carbocycles. The quantitative estimate of drug-likeness (QED) is 0.334. The van der Waals surface area contributed by atoms with Gasteiger partial charge in [0.1, 0.15) is 5.75 Å². The molecule has 0 bridgehead atoms. The molecule has 2 aromatic carbocycles. The number of rotatable bonds is 12. The lowest BCUT2D eigenvalue weighted by Crippen LogP contribution is -2.52. The van der Waals surface area contributed by atoms with E-state index in [-0.39, 0.29) is 17.9 Å². The largest absolute Gasteiger partial charge is 0.496 e. The van der Waals surface area contributed by atoms with Crippen LogP contribution in [0.5, 0.6) is 17.2 Å². The average molecular weight is 538 g/mol. The lowest BCUT2D eigenvalue weighted by molar-refractivity contribution is -0.129. The van der Waals surface area contributed by atoms with E-state index in [4.69, 9.17) is 14.2 Å². The summed E-state index contributed by atoms with van der Waals surface area (Å²) < 4.78 is 17.2. The molecule has 1 unspecified atom stereocenters. The summed E-state index contributed by atoms with van der Waals surface area (Å²) in [6.07, 6.45) is 5.74. The molecule has 8 heteroatoms. The van der Waals surface area contributed by atoms with Crippen LogP contribution in [0.1, 0.15) is 57.1 Å². The predicted molar refractivity (Wildman–Crippen MR) is 153 cm³/mol. The van der Waals surface area contributed by atoms with Crippen LogP contribution >= 0.6 is 0 Å². The number of likely N-dealkylation sites (tertiary alicyclic amines) is 1. The molecule has 2 aliphatic heterocycles. The summed E-state index contributed by atoms with van der Waals surface area (Å²) >= 11 is 0. The Morgan fingerprint density at radius 3 is 2.44 bits per heavy atom. The molecule has 0 radical (unpaired) electrons. The Hall–Kier alpha value is -3.42. The van der Waals surface area contributed by atoms with Crippen molar-refractivity contribution in [2.75, 3.05) is 51.9 Å². The number of amides is 3. The molecule has 2 saturated heterocycles. The van der Waals surface area contributed by atoms with Gasteiger partial charge >= 0.3 is 6.03 Å². The Labute approximate surface area is 232 Å². The number of anilines is 1. The zero-order valence-corrected chi connectivity index (χ0v) is 23.9. The van der Waals surface area contributed by atoms with Gasteiger partial charge in [-0.25, -0.2) is 4.79 Å². The molecule has 212 valence electrons. The van der Waals surface area contributed by atoms with Crippen LogP contribution < -0.4 is 19.1 Å². The second-order valence-corrected chi connectivity index (χ2v) is 10.7. The molecule has 2 aromatic rings.